The molecular weight excluding hydrogens is 337 g/mol. The third-order valence-electron chi connectivity index (χ3n) is 3.45. The zero-order valence-corrected chi connectivity index (χ0v) is 13.2. The summed E-state index contributed by atoms with van der Waals surface area (Å²) in [5.74, 6) is -1.20. The lowest BCUT2D eigenvalue weighted by atomic mass is 10.0. The van der Waals surface area contributed by atoms with Gasteiger partial charge < -0.3 is 10.1 Å². The first kappa shape index (κ1) is 18.4. The van der Waals surface area contributed by atoms with E-state index in [9.17, 15) is 22.8 Å². The van der Waals surface area contributed by atoms with Crippen LogP contribution in [0.15, 0.2) is 48.8 Å². The Balaban J connectivity index is 2.13. The fourth-order valence-electron chi connectivity index (χ4n) is 2.15. The molecule has 0 aliphatic carbocycles. The minimum absolute atomic E-state index is 0.00162. The van der Waals surface area contributed by atoms with Gasteiger partial charge in [-0.25, -0.2) is 4.79 Å². The summed E-state index contributed by atoms with van der Waals surface area (Å²) in [6, 6.07) is 6.29. The number of benzene rings is 1. The van der Waals surface area contributed by atoms with E-state index >= 15 is 0 Å². The average molecular weight is 352 g/mol. The number of halogens is 3. The van der Waals surface area contributed by atoms with Crippen molar-refractivity contribution in [2.24, 2.45) is 0 Å². The molecule has 1 heterocycles. The number of carbonyl (C=O) groups is 2. The van der Waals surface area contributed by atoms with E-state index in [4.69, 9.17) is 0 Å². The van der Waals surface area contributed by atoms with Crippen LogP contribution < -0.4 is 5.32 Å². The lowest BCUT2D eigenvalue weighted by Gasteiger charge is -2.17. The van der Waals surface area contributed by atoms with Gasteiger partial charge in [0.25, 0.3) is 5.91 Å². The Morgan fingerprint density at radius 2 is 1.72 bits per heavy atom. The van der Waals surface area contributed by atoms with E-state index in [0.29, 0.717) is 11.1 Å². The van der Waals surface area contributed by atoms with E-state index in [2.05, 4.69) is 15.0 Å². The van der Waals surface area contributed by atoms with Gasteiger partial charge in [0, 0.05) is 24.4 Å². The van der Waals surface area contributed by atoms with E-state index in [1.807, 2.05) is 0 Å². The van der Waals surface area contributed by atoms with Gasteiger partial charge in [-0.3, -0.25) is 9.78 Å². The molecular formula is C17H15F3N2O3. The number of alkyl halides is 3. The minimum Gasteiger partial charge on any atom is -0.467 e. The van der Waals surface area contributed by atoms with Crippen LogP contribution in [0.2, 0.25) is 0 Å². The Morgan fingerprint density at radius 3 is 2.24 bits per heavy atom. The predicted octanol–water partition coefficient (Wildman–Crippen LogP) is 2.61. The molecule has 0 radical (unpaired) electrons. The van der Waals surface area contributed by atoms with Crippen LogP contribution >= 0.6 is 0 Å². The first-order valence-electron chi connectivity index (χ1n) is 7.26. The second-order valence-corrected chi connectivity index (χ2v) is 5.18. The Bertz CT molecular complexity index is 731. The normalized spacial score (nSPS) is 12.3. The molecule has 8 heteroatoms. The van der Waals surface area contributed by atoms with Crippen molar-refractivity contribution in [3.8, 4) is 0 Å². The quantitative estimate of drug-likeness (QED) is 0.840. The molecule has 0 aliphatic rings. The van der Waals surface area contributed by atoms with Gasteiger partial charge in [-0.05, 0) is 29.8 Å². The first-order valence-corrected chi connectivity index (χ1v) is 7.26. The number of pyridine rings is 1. The standard InChI is InChI=1S/C17H15F3N2O3/c1-25-16(24)14(22-15(23)12-6-8-21-9-7-12)10-11-2-4-13(5-3-11)17(18,19)20/h2-9,14H,10H2,1H3,(H,22,23)/t14-/m1/s1. The second kappa shape index (κ2) is 7.78. The summed E-state index contributed by atoms with van der Waals surface area (Å²) in [4.78, 5) is 27.8. The van der Waals surface area contributed by atoms with Crippen LogP contribution in [0.1, 0.15) is 21.5 Å². The molecule has 1 atom stereocenters. The van der Waals surface area contributed by atoms with Crippen LogP contribution in [-0.4, -0.2) is 30.0 Å². The lowest BCUT2D eigenvalue weighted by molar-refractivity contribution is -0.143. The summed E-state index contributed by atoms with van der Waals surface area (Å²) in [6.45, 7) is 0. The summed E-state index contributed by atoms with van der Waals surface area (Å²) >= 11 is 0. The van der Waals surface area contributed by atoms with Gasteiger partial charge in [0.1, 0.15) is 6.04 Å². The van der Waals surface area contributed by atoms with Gasteiger partial charge in [0.05, 0.1) is 12.7 Å². The van der Waals surface area contributed by atoms with Crippen LogP contribution in [-0.2, 0) is 22.1 Å². The molecule has 2 rings (SSSR count). The molecule has 25 heavy (non-hydrogen) atoms. The van der Waals surface area contributed by atoms with Gasteiger partial charge in [-0.2, -0.15) is 13.2 Å². The van der Waals surface area contributed by atoms with Crippen molar-refractivity contribution >= 4 is 11.9 Å². The average Bonchev–Trinajstić information content (AvgIpc) is 2.60. The van der Waals surface area contributed by atoms with Crippen molar-refractivity contribution < 1.29 is 27.5 Å². The van der Waals surface area contributed by atoms with Crippen LogP contribution in [0.25, 0.3) is 0 Å². The van der Waals surface area contributed by atoms with E-state index in [-0.39, 0.29) is 6.42 Å². The van der Waals surface area contributed by atoms with Crippen molar-refractivity contribution in [1.29, 1.82) is 0 Å². The molecule has 2 aromatic rings. The highest BCUT2D eigenvalue weighted by Gasteiger charge is 2.30. The maximum Gasteiger partial charge on any atom is 0.416 e. The maximum absolute atomic E-state index is 12.6. The van der Waals surface area contributed by atoms with Crippen molar-refractivity contribution in [3.05, 3.63) is 65.5 Å². The number of hydrogen-bond acceptors (Lipinski definition) is 4. The van der Waals surface area contributed by atoms with E-state index in [0.717, 1.165) is 12.1 Å². The Kier molecular flexibility index (Phi) is 5.74. The molecule has 1 N–H and O–H groups in total. The molecule has 0 spiro atoms. The number of carbonyl (C=O) groups excluding carboxylic acids is 2. The summed E-state index contributed by atoms with van der Waals surface area (Å²) in [5.41, 5.74) is -0.0264. The molecule has 0 saturated heterocycles. The number of hydrogen-bond donors (Lipinski definition) is 1. The third kappa shape index (κ3) is 5.03. The molecule has 0 fully saturated rings. The van der Waals surface area contributed by atoms with E-state index in [1.165, 1.54) is 43.8 Å². The zero-order chi connectivity index (χ0) is 18.4. The number of nitrogens with zero attached hydrogens (tertiary/aromatic N) is 1. The SMILES string of the molecule is COC(=O)[C@@H](Cc1ccc(C(F)(F)F)cc1)NC(=O)c1ccncc1. The van der Waals surface area contributed by atoms with Crippen LogP contribution in [0, 0.1) is 0 Å². The zero-order valence-electron chi connectivity index (χ0n) is 13.2. The summed E-state index contributed by atoms with van der Waals surface area (Å²) < 4.78 is 42.4. The van der Waals surface area contributed by atoms with E-state index in [1.54, 1.807) is 0 Å². The topological polar surface area (TPSA) is 68.3 Å². The molecule has 132 valence electrons. The van der Waals surface area contributed by atoms with Gasteiger partial charge in [-0.1, -0.05) is 12.1 Å². The van der Waals surface area contributed by atoms with Gasteiger partial charge in [-0.15, -0.1) is 0 Å². The van der Waals surface area contributed by atoms with Gasteiger partial charge in [0.15, 0.2) is 0 Å². The first-order chi connectivity index (χ1) is 11.8. The van der Waals surface area contributed by atoms with Crippen molar-refractivity contribution in [1.82, 2.24) is 10.3 Å². The van der Waals surface area contributed by atoms with Crippen molar-refractivity contribution in [3.63, 3.8) is 0 Å². The number of nitrogens with one attached hydrogen (secondary N) is 1. The second-order valence-electron chi connectivity index (χ2n) is 5.18. The number of rotatable bonds is 5. The van der Waals surface area contributed by atoms with Gasteiger partial charge >= 0.3 is 12.1 Å². The summed E-state index contributed by atoms with van der Waals surface area (Å²) in [5, 5.41) is 2.51. The predicted molar refractivity (Wildman–Crippen MR) is 82.7 cm³/mol. The summed E-state index contributed by atoms with van der Waals surface area (Å²) in [6.07, 6.45) is -1.58. The highest BCUT2D eigenvalue weighted by atomic mass is 19.4. The monoisotopic (exact) mass is 352 g/mol. The Labute approximate surface area is 141 Å². The molecule has 1 aromatic heterocycles. The fourth-order valence-corrected chi connectivity index (χ4v) is 2.15. The minimum atomic E-state index is -4.43. The third-order valence-corrected chi connectivity index (χ3v) is 3.45. The Hall–Kier alpha value is -2.90. The molecule has 0 aliphatic heterocycles. The smallest absolute Gasteiger partial charge is 0.416 e. The van der Waals surface area contributed by atoms with Gasteiger partial charge in [0.2, 0.25) is 0 Å². The molecule has 0 saturated carbocycles. The van der Waals surface area contributed by atoms with Crippen LogP contribution in [0.5, 0.6) is 0 Å². The fraction of sp³-hybridized carbons (Fsp3) is 0.235. The highest BCUT2D eigenvalue weighted by Crippen LogP contribution is 2.29. The number of methoxy groups -OCH3 is 1. The maximum atomic E-state index is 12.6. The lowest BCUT2D eigenvalue weighted by Crippen LogP contribution is -2.43. The van der Waals surface area contributed by atoms with Crippen LogP contribution in [0.4, 0.5) is 13.2 Å². The molecule has 1 aromatic carbocycles. The largest absolute Gasteiger partial charge is 0.467 e. The van der Waals surface area contributed by atoms with E-state index < -0.39 is 29.7 Å². The highest BCUT2D eigenvalue weighted by molar-refractivity contribution is 5.96. The molecule has 1 amide bonds. The number of aromatic nitrogens is 1. The Morgan fingerprint density at radius 1 is 1.12 bits per heavy atom. The number of amides is 1. The molecule has 0 unspecified atom stereocenters. The van der Waals surface area contributed by atoms with Crippen molar-refractivity contribution in [2.75, 3.05) is 7.11 Å². The number of esters is 1. The van der Waals surface area contributed by atoms with Crippen LogP contribution in [0.3, 0.4) is 0 Å². The number of ether oxygens (including phenoxy) is 1. The van der Waals surface area contributed by atoms with Crippen molar-refractivity contribution in [2.45, 2.75) is 18.6 Å². The molecule has 0 bridgehead atoms. The summed E-state index contributed by atoms with van der Waals surface area (Å²) in [7, 11) is 1.17. The molecule has 5 nitrogen and oxygen atoms in total.